The molecule has 6 heteroatoms. The summed E-state index contributed by atoms with van der Waals surface area (Å²) in [7, 11) is 1.78. The van der Waals surface area contributed by atoms with Crippen LogP contribution in [0.2, 0.25) is 0 Å². The zero-order valence-electron chi connectivity index (χ0n) is 7.77. The maximum Gasteiger partial charge on any atom is 0.363 e. The Morgan fingerprint density at radius 3 is 2.57 bits per heavy atom. The monoisotopic (exact) mass is 216 g/mol. The minimum atomic E-state index is -1.11. The van der Waals surface area contributed by atoms with Gasteiger partial charge in [-0.05, 0) is 16.6 Å². The van der Waals surface area contributed by atoms with Crippen molar-refractivity contribution in [3.63, 3.8) is 0 Å². The number of hydrogen-bond acceptors (Lipinski definition) is 3. The van der Waals surface area contributed by atoms with Gasteiger partial charge in [0.2, 0.25) is 10.9 Å². The number of carboxylic acids is 1. The van der Waals surface area contributed by atoms with Crippen molar-refractivity contribution in [2.45, 2.75) is 25.3 Å². The molecule has 0 amide bonds. The second kappa shape index (κ2) is 3.03. The van der Waals surface area contributed by atoms with Crippen molar-refractivity contribution in [3.8, 4) is 0 Å². The molecule has 5 nitrogen and oxygen atoms in total. The van der Waals surface area contributed by atoms with Crippen LogP contribution >= 0.6 is 11.6 Å². The van der Waals surface area contributed by atoms with Gasteiger partial charge < -0.3 is 5.11 Å². The van der Waals surface area contributed by atoms with Crippen LogP contribution in [0.4, 0.5) is 0 Å². The standard InChI is InChI=1S/C8H10ClN3O2/c1-12(5-3-2-4-5)10-6(8(13)14)7(9)11-12/h5H,2-4H2,1H3/p+1. The van der Waals surface area contributed by atoms with E-state index < -0.39 is 5.97 Å². The van der Waals surface area contributed by atoms with Gasteiger partial charge in [-0.2, -0.15) is 0 Å². The molecule has 1 aliphatic carbocycles. The number of nitrogens with zero attached hydrogens (tertiary/aromatic N) is 3. The Labute approximate surface area is 86.2 Å². The molecule has 0 bridgehead atoms. The summed E-state index contributed by atoms with van der Waals surface area (Å²) in [5.41, 5.74) is -0.124. The van der Waals surface area contributed by atoms with Gasteiger partial charge in [0.1, 0.15) is 13.1 Å². The highest BCUT2D eigenvalue weighted by Gasteiger charge is 2.45. The third-order valence-electron chi connectivity index (χ3n) is 2.76. The van der Waals surface area contributed by atoms with Crippen LogP contribution in [0.5, 0.6) is 0 Å². The second-order valence-electron chi connectivity index (χ2n) is 3.71. The third-order valence-corrected chi connectivity index (χ3v) is 3.01. The van der Waals surface area contributed by atoms with E-state index in [0.717, 1.165) is 19.3 Å². The zero-order valence-corrected chi connectivity index (χ0v) is 8.53. The number of aliphatic carboxylic acids is 1. The van der Waals surface area contributed by atoms with Gasteiger partial charge in [-0.3, -0.25) is 0 Å². The minimum Gasteiger partial charge on any atom is -0.476 e. The number of carbonyl (C=O) groups is 1. The van der Waals surface area contributed by atoms with E-state index in [1.54, 1.807) is 7.05 Å². The number of rotatable bonds is 2. The zero-order chi connectivity index (χ0) is 10.3. The molecule has 0 aromatic heterocycles. The first-order valence-corrected chi connectivity index (χ1v) is 4.86. The van der Waals surface area contributed by atoms with Crippen LogP contribution in [0, 0.1) is 0 Å². The molecule has 0 spiro atoms. The molecule has 1 N–H and O–H groups in total. The normalized spacial score (nSPS) is 32.1. The molecule has 14 heavy (non-hydrogen) atoms. The van der Waals surface area contributed by atoms with Crippen molar-refractivity contribution in [1.29, 1.82) is 0 Å². The lowest BCUT2D eigenvalue weighted by Crippen LogP contribution is -2.46. The molecule has 0 radical (unpaired) electrons. The first kappa shape index (κ1) is 9.61. The van der Waals surface area contributed by atoms with E-state index in [-0.39, 0.29) is 15.6 Å². The second-order valence-corrected chi connectivity index (χ2v) is 4.07. The van der Waals surface area contributed by atoms with Crippen molar-refractivity contribution in [2.75, 3.05) is 7.05 Å². The predicted octanol–water partition coefficient (Wildman–Crippen LogP) is 0.992. The molecule has 1 saturated carbocycles. The Morgan fingerprint density at radius 2 is 2.21 bits per heavy atom. The molecule has 1 fully saturated rings. The summed E-state index contributed by atoms with van der Waals surface area (Å²) in [5.74, 6) is -1.11. The fraction of sp³-hybridized carbons (Fsp3) is 0.625. The van der Waals surface area contributed by atoms with Crippen molar-refractivity contribution in [2.24, 2.45) is 10.2 Å². The lowest BCUT2D eigenvalue weighted by atomic mass is 9.92. The Hall–Kier alpha value is -0.940. The molecule has 76 valence electrons. The van der Waals surface area contributed by atoms with Crippen LogP contribution in [0.25, 0.3) is 0 Å². The van der Waals surface area contributed by atoms with E-state index >= 15 is 0 Å². The van der Waals surface area contributed by atoms with Crippen molar-refractivity contribution >= 4 is 28.5 Å². The fourth-order valence-electron chi connectivity index (χ4n) is 1.66. The number of carboxylic acid groups (broad SMARTS) is 1. The van der Waals surface area contributed by atoms with E-state index in [1.165, 1.54) is 0 Å². The van der Waals surface area contributed by atoms with Crippen molar-refractivity contribution in [1.82, 2.24) is 0 Å². The maximum absolute atomic E-state index is 10.7. The average molecular weight is 217 g/mol. The van der Waals surface area contributed by atoms with E-state index in [1.807, 2.05) is 0 Å². The van der Waals surface area contributed by atoms with Crippen LogP contribution < -0.4 is 0 Å². The molecule has 1 atom stereocenters. The molecule has 2 rings (SSSR count). The largest absolute Gasteiger partial charge is 0.476 e. The molecule has 1 unspecified atom stereocenters. The van der Waals surface area contributed by atoms with Gasteiger partial charge in [-0.1, -0.05) is 16.3 Å². The van der Waals surface area contributed by atoms with E-state index in [2.05, 4.69) is 10.2 Å². The van der Waals surface area contributed by atoms with E-state index in [0.29, 0.717) is 6.04 Å². The van der Waals surface area contributed by atoms with Crippen LogP contribution in [-0.4, -0.2) is 39.7 Å². The lowest BCUT2D eigenvalue weighted by Gasteiger charge is -2.33. The SMILES string of the molecule is C[N+]1(C2CCC2)N=C(Cl)C(C(=O)O)=N1. The summed E-state index contributed by atoms with van der Waals surface area (Å²) in [6.45, 7) is 0. The summed E-state index contributed by atoms with van der Waals surface area (Å²) in [6.07, 6.45) is 3.21. The summed E-state index contributed by atoms with van der Waals surface area (Å²) in [4.78, 5) is 10.7. The smallest absolute Gasteiger partial charge is 0.363 e. The van der Waals surface area contributed by atoms with Gasteiger partial charge in [-0.15, -0.1) is 0 Å². The Morgan fingerprint density at radius 1 is 1.57 bits per heavy atom. The Bertz CT molecular complexity index is 348. The minimum absolute atomic E-state index is 0.00639. The quantitative estimate of drug-likeness (QED) is 0.700. The van der Waals surface area contributed by atoms with Gasteiger partial charge in [0.25, 0.3) is 0 Å². The molecule has 1 heterocycles. The van der Waals surface area contributed by atoms with E-state index in [4.69, 9.17) is 16.7 Å². The Kier molecular flexibility index (Phi) is 2.08. The lowest BCUT2D eigenvalue weighted by molar-refractivity contribution is -0.949. The molecule has 1 aliphatic heterocycles. The van der Waals surface area contributed by atoms with Crippen LogP contribution in [0.15, 0.2) is 10.2 Å². The summed E-state index contributed by atoms with van der Waals surface area (Å²) >= 11 is 5.71. The number of quaternary nitrogens is 1. The van der Waals surface area contributed by atoms with Gasteiger partial charge in [0.05, 0.1) is 0 Å². The number of halogens is 1. The molecule has 0 aromatic carbocycles. The summed E-state index contributed by atoms with van der Waals surface area (Å²) in [6, 6.07) is 0.292. The summed E-state index contributed by atoms with van der Waals surface area (Å²) < 4.78 is 0.0560. The highest BCUT2D eigenvalue weighted by atomic mass is 35.5. The molecule has 0 aromatic rings. The topological polar surface area (TPSA) is 62.0 Å². The van der Waals surface area contributed by atoms with Crippen molar-refractivity contribution in [3.05, 3.63) is 0 Å². The highest BCUT2D eigenvalue weighted by molar-refractivity contribution is 6.92. The van der Waals surface area contributed by atoms with Crippen LogP contribution in [0.1, 0.15) is 19.3 Å². The molecular weight excluding hydrogens is 206 g/mol. The van der Waals surface area contributed by atoms with Gasteiger partial charge in [-0.25, -0.2) is 4.79 Å². The van der Waals surface area contributed by atoms with Crippen molar-refractivity contribution < 1.29 is 14.6 Å². The molecule has 0 saturated heterocycles. The molecule has 2 aliphatic rings. The van der Waals surface area contributed by atoms with Crippen LogP contribution in [-0.2, 0) is 4.79 Å². The van der Waals surface area contributed by atoms with Gasteiger partial charge in [0, 0.05) is 12.8 Å². The molecular formula is C8H11ClN3O2+. The predicted molar refractivity (Wildman–Crippen MR) is 52.2 cm³/mol. The summed E-state index contributed by atoms with van der Waals surface area (Å²) in [5, 5.41) is 16.9. The van der Waals surface area contributed by atoms with Crippen LogP contribution in [0.3, 0.4) is 0 Å². The number of hydrogen-bond donors (Lipinski definition) is 1. The first-order valence-electron chi connectivity index (χ1n) is 4.49. The Balaban J connectivity index is 2.28. The van der Waals surface area contributed by atoms with E-state index in [9.17, 15) is 4.79 Å². The maximum atomic E-state index is 10.7. The van der Waals surface area contributed by atoms with Gasteiger partial charge >= 0.3 is 5.97 Å². The first-order chi connectivity index (χ1) is 6.53. The van der Waals surface area contributed by atoms with Gasteiger partial charge in [0.15, 0.2) is 0 Å². The average Bonchev–Trinajstić information content (AvgIpc) is 2.22. The highest BCUT2D eigenvalue weighted by Crippen LogP contribution is 2.33. The fourth-order valence-corrected chi connectivity index (χ4v) is 1.93. The third kappa shape index (κ3) is 1.33.